The molecule has 0 saturated carbocycles. The number of allylic oxidation sites excluding steroid dienone is 10. The van der Waals surface area contributed by atoms with Crippen molar-refractivity contribution in [3.05, 3.63) is 60.8 Å². The van der Waals surface area contributed by atoms with Gasteiger partial charge in [-0.3, -0.25) is 14.4 Å². The molecule has 0 rings (SSSR count). The molecule has 61 heavy (non-hydrogen) atoms. The van der Waals surface area contributed by atoms with Gasteiger partial charge in [0.15, 0.2) is 6.10 Å². The predicted octanol–water partition coefficient (Wildman–Crippen LogP) is 16.9. The molecule has 0 aliphatic heterocycles. The Hall–Kier alpha value is -2.89. The molecule has 6 nitrogen and oxygen atoms in total. The maximum atomic E-state index is 12.7. The van der Waals surface area contributed by atoms with E-state index in [-0.39, 0.29) is 37.5 Å². The molecule has 1 unspecified atom stereocenters. The van der Waals surface area contributed by atoms with E-state index >= 15 is 0 Å². The Morgan fingerprint density at radius 1 is 0.344 bits per heavy atom. The Morgan fingerprint density at radius 3 is 1.07 bits per heavy atom. The van der Waals surface area contributed by atoms with Crippen LogP contribution in [0.2, 0.25) is 0 Å². The first-order valence-electron chi connectivity index (χ1n) is 25.8. The highest BCUT2D eigenvalue weighted by Gasteiger charge is 2.19. The molecule has 0 spiro atoms. The third kappa shape index (κ3) is 48.0. The lowest BCUT2D eigenvalue weighted by Crippen LogP contribution is -2.30. The molecule has 0 saturated heterocycles. The fourth-order valence-electron chi connectivity index (χ4n) is 7.16. The molecule has 0 N–H and O–H groups in total. The first-order valence-corrected chi connectivity index (χ1v) is 25.8. The van der Waals surface area contributed by atoms with Crippen molar-refractivity contribution in [2.45, 2.75) is 258 Å². The van der Waals surface area contributed by atoms with Crippen LogP contribution in [-0.4, -0.2) is 37.2 Å². The van der Waals surface area contributed by atoms with E-state index in [1.54, 1.807) is 0 Å². The molecule has 0 amide bonds. The number of ether oxygens (including phenoxy) is 3. The Labute approximate surface area is 377 Å². The van der Waals surface area contributed by atoms with Gasteiger partial charge in [0.25, 0.3) is 0 Å². The van der Waals surface area contributed by atoms with Crippen LogP contribution in [0.3, 0.4) is 0 Å². The van der Waals surface area contributed by atoms with Crippen LogP contribution in [0.15, 0.2) is 60.8 Å². The maximum absolute atomic E-state index is 12.7. The second-order valence-corrected chi connectivity index (χ2v) is 17.1. The van der Waals surface area contributed by atoms with Gasteiger partial charge in [-0.25, -0.2) is 0 Å². The molecule has 0 radical (unpaired) electrons. The summed E-state index contributed by atoms with van der Waals surface area (Å²) in [5.41, 5.74) is 0. The molecule has 0 aromatic rings. The summed E-state index contributed by atoms with van der Waals surface area (Å²) in [5, 5.41) is 0. The number of carbonyl (C=O) groups is 3. The normalized spacial score (nSPS) is 12.5. The molecule has 0 aromatic carbocycles. The maximum Gasteiger partial charge on any atom is 0.306 e. The summed E-state index contributed by atoms with van der Waals surface area (Å²) in [4.78, 5) is 37.7. The Morgan fingerprint density at radius 2 is 0.672 bits per heavy atom. The summed E-state index contributed by atoms with van der Waals surface area (Å²) in [6, 6.07) is 0. The summed E-state index contributed by atoms with van der Waals surface area (Å²) < 4.78 is 16.6. The van der Waals surface area contributed by atoms with Gasteiger partial charge in [0, 0.05) is 19.3 Å². The van der Waals surface area contributed by atoms with Crippen LogP contribution in [0.4, 0.5) is 0 Å². The molecule has 0 aromatic heterocycles. The first-order chi connectivity index (χ1) is 30.0. The lowest BCUT2D eigenvalue weighted by Gasteiger charge is -2.18. The van der Waals surface area contributed by atoms with Gasteiger partial charge in [-0.05, 0) is 70.6 Å². The van der Waals surface area contributed by atoms with E-state index in [2.05, 4.69) is 69.4 Å². The van der Waals surface area contributed by atoms with Crippen LogP contribution < -0.4 is 0 Å². The van der Waals surface area contributed by atoms with Gasteiger partial charge in [0.2, 0.25) is 0 Å². The van der Waals surface area contributed by atoms with E-state index in [1.807, 2.05) is 12.2 Å². The van der Waals surface area contributed by atoms with Crippen molar-refractivity contribution >= 4 is 17.9 Å². The van der Waals surface area contributed by atoms with E-state index in [0.29, 0.717) is 19.3 Å². The zero-order valence-electron chi connectivity index (χ0n) is 40.2. The highest BCUT2D eigenvalue weighted by Crippen LogP contribution is 2.15. The smallest absolute Gasteiger partial charge is 0.306 e. The van der Waals surface area contributed by atoms with Crippen molar-refractivity contribution in [3.63, 3.8) is 0 Å². The fraction of sp³-hybridized carbons (Fsp3) is 0.764. The van der Waals surface area contributed by atoms with Crippen LogP contribution in [-0.2, 0) is 28.6 Å². The second-order valence-electron chi connectivity index (χ2n) is 17.1. The van der Waals surface area contributed by atoms with E-state index in [9.17, 15) is 14.4 Å². The summed E-state index contributed by atoms with van der Waals surface area (Å²) >= 11 is 0. The SMILES string of the molecule is CC/C=C\C/C=C\C/C=C\C/C=C\CCC(=O)OC(COC(=O)CCCCCCCCC)COC(=O)CCCCCCCCCCCCC/C=C\CCCCCCCCCC. The van der Waals surface area contributed by atoms with Gasteiger partial charge in [0.05, 0.1) is 0 Å². The highest BCUT2D eigenvalue weighted by atomic mass is 16.6. The molecule has 0 heterocycles. The Kier molecular flexibility index (Phi) is 47.4. The number of esters is 3. The van der Waals surface area contributed by atoms with Crippen molar-refractivity contribution in [1.29, 1.82) is 0 Å². The van der Waals surface area contributed by atoms with Gasteiger partial charge in [-0.1, -0.05) is 223 Å². The lowest BCUT2D eigenvalue weighted by atomic mass is 10.0. The summed E-state index contributed by atoms with van der Waals surface area (Å²) in [5.74, 6) is -0.989. The predicted molar refractivity (Wildman–Crippen MR) is 261 cm³/mol. The number of rotatable bonds is 46. The molecule has 0 bridgehead atoms. The second kappa shape index (κ2) is 49.8. The topological polar surface area (TPSA) is 78.9 Å². The molecule has 0 fully saturated rings. The third-order valence-electron chi connectivity index (χ3n) is 11.0. The minimum Gasteiger partial charge on any atom is -0.462 e. The molecular weight excluding hydrogens is 757 g/mol. The summed E-state index contributed by atoms with van der Waals surface area (Å²) in [6.07, 6.45) is 61.1. The van der Waals surface area contributed by atoms with Gasteiger partial charge >= 0.3 is 17.9 Å². The fourth-order valence-corrected chi connectivity index (χ4v) is 7.16. The van der Waals surface area contributed by atoms with Crippen LogP contribution in [0.25, 0.3) is 0 Å². The van der Waals surface area contributed by atoms with Crippen molar-refractivity contribution in [2.75, 3.05) is 13.2 Å². The van der Waals surface area contributed by atoms with Crippen molar-refractivity contribution in [1.82, 2.24) is 0 Å². The molecule has 1 atom stereocenters. The van der Waals surface area contributed by atoms with Crippen LogP contribution >= 0.6 is 0 Å². The molecule has 0 aliphatic rings. The minimum atomic E-state index is -0.807. The van der Waals surface area contributed by atoms with Crippen molar-refractivity contribution < 1.29 is 28.6 Å². The summed E-state index contributed by atoms with van der Waals surface area (Å²) in [7, 11) is 0. The Bertz CT molecular complexity index is 1120. The Balaban J connectivity index is 4.21. The third-order valence-corrected chi connectivity index (χ3v) is 11.0. The average Bonchev–Trinajstić information content (AvgIpc) is 3.26. The van der Waals surface area contributed by atoms with Crippen molar-refractivity contribution in [3.8, 4) is 0 Å². The number of unbranched alkanes of at least 4 members (excludes halogenated alkanes) is 25. The van der Waals surface area contributed by atoms with E-state index in [0.717, 1.165) is 64.2 Å². The summed E-state index contributed by atoms with van der Waals surface area (Å²) in [6.45, 7) is 6.42. The largest absolute Gasteiger partial charge is 0.462 e. The van der Waals surface area contributed by atoms with E-state index in [1.165, 1.54) is 141 Å². The molecule has 6 heteroatoms. The van der Waals surface area contributed by atoms with Crippen LogP contribution in [0.5, 0.6) is 0 Å². The molecule has 352 valence electrons. The number of hydrogen-bond acceptors (Lipinski definition) is 6. The molecule has 0 aliphatic carbocycles. The van der Waals surface area contributed by atoms with Gasteiger partial charge < -0.3 is 14.2 Å². The number of carbonyl (C=O) groups excluding carboxylic acids is 3. The van der Waals surface area contributed by atoms with Gasteiger partial charge in [0.1, 0.15) is 13.2 Å². The monoisotopic (exact) mass is 853 g/mol. The zero-order valence-corrected chi connectivity index (χ0v) is 40.2. The van der Waals surface area contributed by atoms with Crippen molar-refractivity contribution in [2.24, 2.45) is 0 Å². The first kappa shape index (κ1) is 58.1. The lowest BCUT2D eigenvalue weighted by molar-refractivity contribution is -0.166. The number of hydrogen-bond donors (Lipinski definition) is 0. The molecular formula is C55H96O6. The average molecular weight is 853 g/mol. The minimum absolute atomic E-state index is 0.102. The highest BCUT2D eigenvalue weighted by molar-refractivity contribution is 5.71. The van der Waals surface area contributed by atoms with E-state index in [4.69, 9.17) is 14.2 Å². The quantitative estimate of drug-likeness (QED) is 0.0263. The zero-order chi connectivity index (χ0) is 44.4. The van der Waals surface area contributed by atoms with Gasteiger partial charge in [-0.2, -0.15) is 0 Å². The van der Waals surface area contributed by atoms with Crippen LogP contribution in [0, 0.1) is 0 Å². The van der Waals surface area contributed by atoms with Crippen LogP contribution in [0.1, 0.15) is 252 Å². The van der Waals surface area contributed by atoms with E-state index < -0.39 is 6.10 Å². The van der Waals surface area contributed by atoms with Gasteiger partial charge in [-0.15, -0.1) is 0 Å². The standard InChI is InChI=1S/C55H96O6/c1-4-7-10-13-16-18-20-22-23-24-25-26-27-28-29-30-31-33-34-36-39-42-45-48-54(57)60-51-52(50-59-53(56)47-44-41-38-15-12-9-6-3)61-55(58)49-46-43-40-37-35-32-21-19-17-14-11-8-5-2/h8,11,17,19,24-25,32,35,40,43,52H,4-7,9-10,12-16,18,20-23,26-31,33-34,36-39,41-42,44-51H2,1-3H3/b11-8-,19-17-,25-24-,35-32-,43-40-.